The quantitative estimate of drug-likeness (QED) is 0.423. The molecule has 0 spiro atoms. The van der Waals surface area contributed by atoms with Crippen LogP contribution in [-0.4, -0.2) is 50.5 Å². The number of rotatable bonds is 4. The highest BCUT2D eigenvalue weighted by molar-refractivity contribution is 6.47. The zero-order valence-corrected chi connectivity index (χ0v) is 7.73. The lowest BCUT2D eigenvalue weighted by Crippen LogP contribution is -2.34. The third-order valence-corrected chi connectivity index (χ3v) is 1.76. The Bertz CT molecular complexity index is 211. The molecule has 0 aromatic carbocycles. The van der Waals surface area contributed by atoms with E-state index in [0.717, 1.165) is 6.29 Å². The van der Waals surface area contributed by atoms with Crippen molar-refractivity contribution in [3.63, 3.8) is 0 Å². The Morgan fingerprint density at radius 3 is 2.85 bits per heavy atom. The molecule has 0 amide bonds. The average Bonchev–Trinajstić information content (AvgIpc) is 2.30. The summed E-state index contributed by atoms with van der Waals surface area (Å²) in [7, 11) is 1.27. The van der Waals surface area contributed by atoms with Crippen LogP contribution in [-0.2, 0) is 18.9 Å². The summed E-state index contributed by atoms with van der Waals surface area (Å²) in [5, 5.41) is 0. The van der Waals surface area contributed by atoms with Crippen molar-refractivity contribution in [1.82, 2.24) is 4.90 Å². The third-order valence-electron chi connectivity index (χ3n) is 1.76. The van der Waals surface area contributed by atoms with Crippen LogP contribution < -0.4 is 0 Å². The molecule has 72 valence electrons. The highest BCUT2D eigenvalue weighted by Crippen LogP contribution is 2.10. The number of likely N-dealkylation sites (N-methyl/N-ethyl adjacent to an activating group) is 1. The number of hydrogen-bond donors (Lipinski definition) is 0. The van der Waals surface area contributed by atoms with Crippen LogP contribution in [0.4, 0.5) is 0 Å². The van der Waals surface area contributed by atoms with Crippen LogP contribution >= 0.6 is 0 Å². The first-order chi connectivity index (χ1) is 6.13. The molecule has 1 saturated heterocycles. The zero-order valence-electron chi connectivity index (χ0n) is 7.73. The minimum Gasteiger partial charge on any atom is -0.508 e. The molecule has 0 saturated carbocycles. The van der Waals surface area contributed by atoms with Crippen LogP contribution in [0.2, 0.25) is 6.82 Å². The Morgan fingerprint density at radius 2 is 2.38 bits per heavy atom. The van der Waals surface area contributed by atoms with E-state index in [-0.39, 0.29) is 5.97 Å². The van der Waals surface area contributed by atoms with E-state index in [4.69, 9.17) is 9.31 Å². The van der Waals surface area contributed by atoms with E-state index in [1.807, 2.05) is 0 Å². The molecule has 6 heteroatoms. The summed E-state index contributed by atoms with van der Waals surface area (Å²) in [4.78, 5) is 22.9. The zero-order chi connectivity index (χ0) is 9.84. The Morgan fingerprint density at radius 1 is 1.69 bits per heavy atom. The molecule has 1 aliphatic heterocycles. The monoisotopic (exact) mass is 185 g/mol. The van der Waals surface area contributed by atoms with Gasteiger partial charge in [0.15, 0.2) is 6.10 Å². The molecular formula is C7H12BNO4. The fourth-order valence-corrected chi connectivity index (χ4v) is 1.16. The molecular weight excluding hydrogens is 173 g/mol. The minimum absolute atomic E-state index is 0.293. The lowest BCUT2D eigenvalue weighted by molar-refractivity contribution is -0.136. The second kappa shape index (κ2) is 4.39. The molecule has 0 bridgehead atoms. The molecule has 1 heterocycles. The van der Waals surface area contributed by atoms with Gasteiger partial charge in [0.25, 0.3) is 0 Å². The van der Waals surface area contributed by atoms with Crippen molar-refractivity contribution < 1.29 is 18.9 Å². The number of nitrogens with zero attached hydrogens (tertiary/aromatic N) is 1. The Hall–Kier alpha value is -0.875. The van der Waals surface area contributed by atoms with E-state index in [1.165, 1.54) is 0 Å². The molecule has 1 unspecified atom stereocenters. The predicted octanol–water partition coefficient (Wildman–Crippen LogP) is -0.823. The fourth-order valence-electron chi connectivity index (χ4n) is 1.16. The molecule has 0 radical (unpaired) electrons. The van der Waals surface area contributed by atoms with Crippen molar-refractivity contribution in [3.05, 3.63) is 0 Å². The van der Waals surface area contributed by atoms with Gasteiger partial charge >= 0.3 is 13.1 Å². The lowest BCUT2D eigenvalue weighted by atomic mass is 9.97. The topological polar surface area (TPSA) is 55.8 Å². The third kappa shape index (κ3) is 2.82. The Labute approximate surface area is 77.1 Å². The van der Waals surface area contributed by atoms with Gasteiger partial charge in [0, 0.05) is 6.54 Å². The smallest absolute Gasteiger partial charge is 0.508 e. The van der Waals surface area contributed by atoms with Gasteiger partial charge in [0.1, 0.15) is 6.29 Å². The van der Waals surface area contributed by atoms with Gasteiger partial charge in [0.2, 0.25) is 0 Å². The van der Waals surface area contributed by atoms with Crippen molar-refractivity contribution in [2.45, 2.75) is 12.9 Å². The number of carbonyl (C=O) groups is 2. The van der Waals surface area contributed by atoms with Crippen LogP contribution in [0.1, 0.15) is 0 Å². The Kier molecular flexibility index (Phi) is 3.44. The molecule has 1 atom stereocenters. The molecule has 1 fully saturated rings. The van der Waals surface area contributed by atoms with Crippen LogP contribution in [0.3, 0.4) is 0 Å². The van der Waals surface area contributed by atoms with Crippen molar-refractivity contribution in [2.75, 3.05) is 20.1 Å². The summed E-state index contributed by atoms with van der Waals surface area (Å²) in [6.45, 7) is 2.35. The van der Waals surface area contributed by atoms with Crippen LogP contribution in [0, 0.1) is 0 Å². The van der Waals surface area contributed by atoms with E-state index in [9.17, 15) is 9.59 Å². The van der Waals surface area contributed by atoms with Gasteiger partial charge in [-0.2, -0.15) is 0 Å². The van der Waals surface area contributed by atoms with E-state index >= 15 is 0 Å². The summed E-state index contributed by atoms with van der Waals surface area (Å²) >= 11 is 0. The second-order valence-electron chi connectivity index (χ2n) is 3.02. The first-order valence-electron chi connectivity index (χ1n) is 4.11. The molecule has 1 rings (SSSR count). The highest BCUT2D eigenvalue weighted by atomic mass is 16.7. The van der Waals surface area contributed by atoms with Gasteiger partial charge in [0.05, 0.1) is 6.54 Å². The number of hydrogen-bond acceptors (Lipinski definition) is 5. The summed E-state index contributed by atoms with van der Waals surface area (Å²) < 4.78 is 9.94. The predicted molar refractivity (Wildman–Crippen MR) is 46.1 cm³/mol. The largest absolute Gasteiger partial charge is 0.524 e. The first kappa shape index (κ1) is 10.2. The second-order valence-corrected chi connectivity index (χ2v) is 3.02. The lowest BCUT2D eigenvalue weighted by Gasteiger charge is -2.15. The molecule has 5 nitrogen and oxygen atoms in total. The van der Waals surface area contributed by atoms with Gasteiger partial charge in [-0.15, -0.1) is 0 Å². The van der Waals surface area contributed by atoms with Crippen molar-refractivity contribution in [3.8, 4) is 0 Å². The van der Waals surface area contributed by atoms with E-state index in [0.29, 0.717) is 13.1 Å². The van der Waals surface area contributed by atoms with Gasteiger partial charge in [-0.1, -0.05) is 0 Å². The molecule has 0 N–H and O–H groups in total. The van der Waals surface area contributed by atoms with Gasteiger partial charge in [-0.3, -0.25) is 9.69 Å². The Balaban J connectivity index is 2.36. The fraction of sp³-hybridized carbons (Fsp3) is 0.714. The molecule has 13 heavy (non-hydrogen) atoms. The molecule has 0 aromatic heterocycles. The van der Waals surface area contributed by atoms with Gasteiger partial charge in [-0.05, 0) is 13.9 Å². The summed E-state index contributed by atoms with van der Waals surface area (Å²) in [6.07, 6.45) is 0.226. The maximum atomic E-state index is 11.1. The molecule has 1 aliphatic rings. The number of carbonyl (C=O) groups excluding carboxylic acids is 2. The normalized spacial score (nSPS) is 22.2. The van der Waals surface area contributed by atoms with Gasteiger partial charge < -0.3 is 14.1 Å². The van der Waals surface area contributed by atoms with Crippen molar-refractivity contribution >= 4 is 19.4 Å². The SMILES string of the molecule is CB1OC(=O)C(CN(C)CC=O)O1. The van der Waals surface area contributed by atoms with E-state index < -0.39 is 13.2 Å². The number of aldehydes is 1. The van der Waals surface area contributed by atoms with Crippen LogP contribution in [0.25, 0.3) is 0 Å². The van der Waals surface area contributed by atoms with E-state index in [2.05, 4.69) is 0 Å². The first-order valence-corrected chi connectivity index (χ1v) is 4.11. The minimum atomic E-state index is -0.556. The summed E-state index contributed by atoms with van der Waals surface area (Å²) in [5.41, 5.74) is 0. The molecule has 0 aromatic rings. The van der Waals surface area contributed by atoms with E-state index in [1.54, 1.807) is 18.8 Å². The average molecular weight is 185 g/mol. The van der Waals surface area contributed by atoms with Gasteiger partial charge in [-0.25, -0.2) is 0 Å². The summed E-state index contributed by atoms with van der Waals surface area (Å²) in [6, 6.07) is 0. The maximum absolute atomic E-state index is 11.1. The van der Waals surface area contributed by atoms with Crippen LogP contribution in [0.15, 0.2) is 0 Å². The maximum Gasteiger partial charge on any atom is 0.524 e. The van der Waals surface area contributed by atoms with Crippen molar-refractivity contribution in [2.24, 2.45) is 0 Å². The highest BCUT2D eigenvalue weighted by Gasteiger charge is 2.36. The van der Waals surface area contributed by atoms with Crippen LogP contribution in [0.5, 0.6) is 0 Å². The molecule has 0 aliphatic carbocycles. The standard InChI is InChI=1S/C7H12BNO4/c1-8-12-6(7(11)13-8)5-9(2)3-4-10/h4,6H,3,5H2,1-2H3. The van der Waals surface area contributed by atoms with Crippen molar-refractivity contribution in [1.29, 1.82) is 0 Å². The summed E-state index contributed by atoms with van der Waals surface area (Å²) in [5.74, 6) is -0.356.